The van der Waals surface area contributed by atoms with E-state index in [-0.39, 0.29) is 12.6 Å². The SMILES string of the molecule is CC(C)N(C)S(=O)(=O)N(C)Cc1ncon1. The van der Waals surface area contributed by atoms with Crippen LogP contribution in [-0.2, 0) is 16.8 Å². The molecule has 0 spiro atoms. The van der Waals surface area contributed by atoms with Gasteiger partial charge in [0.05, 0.1) is 6.54 Å². The Hall–Kier alpha value is -0.990. The molecule has 0 aromatic carbocycles. The number of hydrogen-bond donors (Lipinski definition) is 0. The topological polar surface area (TPSA) is 79.5 Å². The van der Waals surface area contributed by atoms with Gasteiger partial charge in [0, 0.05) is 20.1 Å². The van der Waals surface area contributed by atoms with Gasteiger partial charge in [-0.3, -0.25) is 0 Å². The van der Waals surface area contributed by atoms with Gasteiger partial charge in [-0.1, -0.05) is 5.16 Å². The quantitative estimate of drug-likeness (QED) is 0.737. The van der Waals surface area contributed by atoms with Gasteiger partial charge in [0.1, 0.15) is 0 Å². The van der Waals surface area contributed by atoms with Crippen LogP contribution in [0.4, 0.5) is 0 Å². The highest BCUT2D eigenvalue weighted by atomic mass is 32.2. The fraction of sp³-hybridized carbons (Fsp3) is 0.750. The fourth-order valence-corrected chi connectivity index (χ4v) is 2.28. The minimum absolute atomic E-state index is 0.0931. The maximum Gasteiger partial charge on any atom is 0.282 e. The average Bonchev–Trinajstić information content (AvgIpc) is 2.68. The minimum Gasteiger partial charge on any atom is -0.343 e. The first-order valence-electron chi connectivity index (χ1n) is 4.80. The molecule has 0 unspecified atom stereocenters. The van der Waals surface area contributed by atoms with Crippen molar-refractivity contribution in [3.05, 3.63) is 12.2 Å². The van der Waals surface area contributed by atoms with Gasteiger partial charge in [0.25, 0.3) is 10.2 Å². The Morgan fingerprint density at radius 2 is 2.06 bits per heavy atom. The summed E-state index contributed by atoms with van der Waals surface area (Å²) >= 11 is 0. The molecule has 0 N–H and O–H groups in total. The van der Waals surface area contributed by atoms with Gasteiger partial charge in [-0.15, -0.1) is 0 Å². The van der Waals surface area contributed by atoms with Crippen molar-refractivity contribution in [3.8, 4) is 0 Å². The first kappa shape index (κ1) is 13.1. The van der Waals surface area contributed by atoms with E-state index in [4.69, 9.17) is 0 Å². The Balaban J connectivity index is 2.77. The van der Waals surface area contributed by atoms with Crippen molar-refractivity contribution in [1.82, 2.24) is 18.8 Å². The number of rotatable bonds is 5. The van der Waals surface area contributed by atoms with E-state index in [1.165, 1.54) is 29.1 Å². The molecule has 0 amide bonds. The molecule has 8 heteroatoms. The van der Waals surface area contributed by atoms with Crippen LogP contribution in [0.3, 0.4) is 0 Å². The predicted molar refractivity (Wildman–Crippen MR) is 57.6 cm³/mol. The normalized spacial score (nSPS) is 12.9. The summed E-state index contributed by atoms with van der Waals surface area (Å²) < 4.78 is 30.9. The lowest BCUT2D eigenvalue weighted by Gasteiger charge is -2.26. The summed E-state index contributed by atoms with van der Waals surface area (Å²) in [5.41, 5.74) is 0. The molecule has 0 bridgehead atoms. The average molecular weight is 248 g/mol. The highest BCUT2D eigenvalue weighted by Crippen LogP contribution is 2.10. The zero-order chi connectivity index (χ0) is 12.3. The molecule has 1 rings (SSSR count). The van der Waals surface area contributed by atoms with Crippen molar-refractivity contribution in [2.24, 2.45) is 0 Å². The predicted octanol–water partition coefficient (Wildman–Crippen LogP) is 0.0864. The Morgan fingerprint density at radius 3 is 2.50 bits per heavy atom. The van der Waals surface area contributed by atoms with Crippen LogP contribution in [0.15, 0.2) is 10.9 Å². The Morgan fingerprint density at radius 1 is 1.44 bits per heavy atom. The van der Waals surface area contributed by atoms with Crippen molar-refractivity contribution < 1.29 is 12.9 Å². The molecule has 0 saturated heterocycles. The van der Waals surface area contributed by atoms with Crippen LogP contribution < -0.4 is 0 Å². The molecule has 0 radical (unpaired) electrons. The van der Waals surface area contributed by atoms with E-state index in [1.807, 2.05) is 0 Å². The van der Waals surface area contributed by atoms with Crippen molar-refractivity contribution in [1.29, 1.82) is 0 Å². The third-order valence-electron chi connectivity index (χ3n) is 2.26. The lowest BCUT2D eigenvalue weighted by molar-refractivity contribution is 0.346. The zero-order valence-electron chi connectivity index (χ0n) is 9.78. The number of aromatic nitrogens is 2. The molecular formula is C8H16N4O3S. The molecule has 0 aliphatic carbocycles. The van der Waals surface area contributed by atoms with E-state index in [0.717, 1.165) is 0 Å². The van der Waals surface area contributed by atoms with Gasteiger partial charge < -0.3 is 4.52 Å². The van der Waals surface area contributed by atoms with Crippen LogP contribution in [0, 0.1) is 0 Å². The van der Waals surface area contributed by atoms with Crippen LogP contribution in [0.5, 0.6) is 0 Å². The standard InChI is InChI=1S/C8H16N4O3S/c1-7(2)12(4)16(13,14)11(3)5-8-9-6-15-10-8/h6-7H,5H2,1-4H3. The Labute approximate surface area is 95.2 Å². The van der Waals surface area contributed by atoms with E-state index < -0.39 is 10.2 Å². The molecule has 0 aliphatic heterocycles. The van der Waals surface area contributed by atoms with E-state index >= 15 is 0 Å². The van der Waals surface area contributed by atoms with E-state index in [9.17, 15) is 8.42 Å². The molecule has 0 atom stereocenters. The largest absolute Gasteiger partial charge is 0.343 e. The van der Waals surface area contributed by atoms with Gasteiger partial charge in [-0.2, -0.15) is 22.0 Å². The molecule has 0 fully saturated rings. The van der Waals surface area contributed by atoms with Gasteiger partial charge in [-0.25, -0.2) is 0 Å². The summed E-state index contributed by atoms with van der Waals surface area (Å²) in [7, 11) is -0.458. The second-order valence-electron chi connectivity index (χ2n) is 3.72. The zero-order valence-corrected chi connectivity index (χ0v) is 10.6. The lowest BCUT2D eigenvalue weighted by atomic mass is 10.4. The van der Waals surface area contributed by atoms with Crippen LogP contribution in [0.25, 0.3) is 0 Å². The maximum atomic E-state index is 12.0. The van der Waals surface area contributed by atoms with E-state index in [1.54, 1.807) is 13.8 Å². The highest BCUT2D eigenvalue weighted by molar-refractivity contribution is 7.86. The van der Waals surface area contributed by atoms with E-state index in [0.29, 0.717) is 5.82 Å². The Bertz CT molecular complexity index is 415. The third kappa shape index (κ3) is 2.77. The second kappa shape index (κ2) is 4.89. The molecule has 92 valence electrons. The van der Waals surface area contributed by atoms with Gasteiger partial charge in [0.2, 0.25) is 6.39 Å². The van der Waals surface area contributed by atoms with Crippen molar-refractivity contribution >= 4 is 10.2 Å². The third-order valence-corrected chi connectivity index (χ3v) is 4.32. The summed E-state index contributed by atoms with van der Waals surface area (Å²) in [6.45, 7) is 3.70. The van der Waals surface area contributed by atoms with Crippen LogP contribution in [0.1, 0.15) is 19.7 Å². The smallest absolute Gasteiger partial charge is 0.282 e. The maximum absolute atomic E-state index is 12.0. The summed E-state index contributed by atoms with van der Waals surface area (Å²) in [6, 6.07) is -0.0993. The first-order chi connectivity index (χ1) is 7.35. The van der Waals surface area contributed by atoms with Gasteiger partial charge >= 0.3 is 0 Å². The Kier molecular flexibility index (Phi) is 4.00. The second-order valence-corrected chi connectivity index (χ2v) is 5.82. The lowest BCUT2D eigenvalue weighted by Crippen LogP contribution is -2.42. The monoisotopic (exact) mass is 248 g/mol. The van der Waals surface area contributed by atoms with Crippen LogP contribution in [0.2, 0.25) is 0 Å². The molecule has 0 saturated carbocycles. The molecule has 7 nitrogen and oxygen atoms in total. The summed E-state index contributed by atoms with van der Waals surface area (Å²) in [5, 5.41) is 3.56. The molecule has 1 heterocycles. The van der Waals surface area contributed by atoms with Crippen molar-refractivity contribution in [2.45, 2.75) is 26.4 Å². The van der Waals surface area contributed by atoms with Crippen molar-refractivity contribution in [3.63, 3.8) is 0 Å². The highest BCUT2D eigenvalue weighted by Gasteiger charge is 2.26. The summed E-state index contributed by atoms with van der Waals surface area (Å²) in [6.07, 6.45) is 1.17. The van der Waals surface area contributed by atoms with Crippen molar-refractivity contribution in [2.75, 3.05) is 14.1 Å². The number of hydrogen-bond acceptors (Lipinski definition) is 5. The van der Waals surface area contributed by atoms with E-state index in [2.05, 4.69) is 14.7 Å². The summed E-state index contributed by atoms with van der Waals surface area (Å²) in [5.74, 6) is 0.336. The minimum atomic E-state index is -3.47. The first-order valence-corrected chi connectivity index (χ1v) is 6.20. The molecular weight excluding hydrogens is 232 g/mol. The molecule has 16 heavy (non-hydrogen) atoms. The van der Waals surface area contributed by atoms with Gasteiger partial charge in [-0.05, 0) is 13.8 Å². The molecule has 0 aliphatic rings. The molecule has 1 aromatic rings. The molecule has 1 aromatic heterocycles. The van der Waals surface area contributed by atoms with Crippen LogP contribution >= 0.6 is 0 Å². The summed E-state index contributed by atoms with van der Waals surface area (Å²) in [4.78, 5) is 3.77. The van der Waals surface area contributed by atoms with Gasteiger partial charge in [0.15, 0.2) is 5.82 Å². The fourth-order valence-electron chi connectivity index (χ4n) is 1.03. The van der Waals surface area contributed by atoms with Crippen LogP contribution in [-0.4, -0.2) is 47.3 Å². The number of nitrogens with zero attached hydrogens (tertiary/aromatic N) is 4.